The summed E-state index contributed by atoms with van der Waals surface area (Å²) in [6.45, 7) is 2.74. The molecule has 3 nitrogen and oxygen atoms in total. The Morgan fingerprint density at radius 1 is 1.44 bits per heavy atom. The van der Waals surface area contributed by atoms with E-state index < -0.39 is 0 Å². The second kappa shape index (κ2) is 5.18. The van der Waals surface area contributed by atoms with Gasteiger partial charge >= 0.3 is 0 Å². The van der Waals surface area contributed by atoms with Crippen molar-refractivity contribution in [3.63, 3.8) is 0 Å². The highest BCUT2D eigenvalue weighted by Crippen LogP contribution is 2.29. The van der Waals surface area contributed by atoms with E-state index in [1.165, 1.54) is 16.0 Å². The monoisotopic (exact) mass is 259 g/mol. The van der Waals surface area contributed by atoms with Crippen molar-refractivity contribution in [2.24, 2.45) is 5.73 Å². The van der Waals surface area contributed by atoms with Gasteiger partial charge in [-0.2, -0.15) is 0 Å². The van der Waals surface area contributed by atoms with Crippen molar-refractivity contribution in [1.29, 1.82) is 0 Å². The topological polar surface area (TPSA) is 42.1 Å². The van der Waals surface area contributed by atoms with Crippen LogP contribution in [-0.4, -0.2) is 23.0 Å². The van der Waals surface area contributed by atoms with Gasteiger partial charge in [0.1, 0.15) is 0 Å². The van der Waals surface area contributed by atoms with Crippen LogP contribution in [-0.2, 0) is 13.0 Å². The summed E-state index contributed by atoms with van der Waals surface area (Å²) in [5.74, 6) is 0. The number of hydrogen-bond acceptors (Lipinski definition) is 4. The van der Waals surface area contributed by atoms with Crippen molar-refractivity contribution in [2.45, 2.75) is 19.0 Å². The maximum atomic E-state index is 5.96. The van der Waals surface area contributed by atoms with E-state index in [1.54, 1.807) is 0 Å². The summed E-state index contributed by atoms with van der Waals surface area (Å²) in [6, 6.07) is 6.63. The average molecular weight is 259 g/mol. The second-order valence-electron chi connectivity index (χ2n) is 4.63. The summed E-state index contributed by atoms with van der Waals surface area (Å²) in [6.07, 6.45) is 4.88. The van der Waals surface area contributed by atoms with Crippen LogP contribution >= 0.6 is 11.3 Å². The Morgan fingerprint density at radius 2 is 2.39 bits per heavy atom. The fraction of sp³-hybridized carbons (Fsp3) is 0.357. The lowest BCUT2D eigenvalue weighted by Gasteiger charge is -2.34. The van der Waals surface area contributed by atoms with E-state index >= 15 is 0 Å². The SMILES string of the molecule is NCC(c1cccnc1)N1CCc2sccc2C1. The van der Waals surface area contributed by atoms with Crippen LogP contribution in [0, 0.1) is 0 Å². The van der Waals surface area contributed by atoms with Gasteiger partial charge < -0.3 is 5.73 Å². The molecule has 94 valence electrons. The zero-order valence-electron chi connectivity index (χ0n) is 10.2. The van der Waals surface area contributed by atoms with Crippen LogP contribution in [0.2, 0.25) is 0 Å². The molecule has 0 aliphatic carbocycles. The summed E-state index contributed by atoms with van der Waals surface area (Å²) in [7, 11) is 0. The first kappa shape index (κ1) is 11.8. The third-order valence-corrected chi connectivity index (χ3v) is 4.59. The van der Waals surface area contributed by atoms with Crippen LogP contribution in [0.5, 0.6) is 0 Å². The van der Waals surface area contributed by atoms with Gasteiger partial charge in [-0.05, 0) is 35.1 Å². The van der Waals surface area contributed by atoms with Crippen molar-refractivity contribution in [1.82, 2.24) is 9.88 Å². The van der Waals surface area contributed by atoms with Crippen molar-refractivity contribution in [3.8, 4) is 0 Å². The summed E-state index contributed by atoms with van der Waals surface area (Å²) >= 11 is 1.87. The number of rotatable bonds is 3. The molecule has 1 aliphatic heterocycles. The zero-order valence-corrected chi connectivity index (χ0v) is 11.1. The van der Waals surface area contributed by atoms with E-state index in [0.29, 0.717) is 6.54 Å². The Kier molecular flexibility index (Phi) is 3.41. The van der Waals surface area contributed by atoms with Crippen LogP contribution in [0.4, 0.5) is 0 Å². The fourth-order valence-electron chi connectivity index (χ4n) is 2.61. The van der Waals surface area contributed by atoms with Gasteiger partial charge in [-0.3, -0.25) is 9.88 Å². The maximum absolute atomic E-state index is 5.96. The molecule has 0 bridgehead atoms. The third-order valence-electron chi connectivity index (χ3n) is 3.57. The van der Waals surface area contributed by atoms with Gasteiger partial charge in [0.25, 0.3) is 0 Å². The summed E-state index contributed by atoms with van der Waals surface area (Å²) in [4.78, 5) is 8.20. The zero-order chi connectivity index (χ0) is 12.4. The van der Waals surface area contributed by atoms with E-state index in [0.717, 1.165) is 19.5 Å². The van der Waals surface area contributed by atoms with Crippen molar-refractivity contribution < 1.29 is 0 Å². The van der Waals surface area contributed by atoms with E-state index in [9.17, 15) is 0 Å². The van der Waals surface area contributed by atoms with E-state index in [-0.39, 0.29) is 6.04 Å². The molecule has 0 amide bonds. The normalized spacial score (nSPS) is 17.4. The standard InChI is InChI=1S/C14H17N3S/c15-8-13(11-2-1-5-16-9-11)17-6-3-14-12(10-17)4-7-18-14/h1-2,4-5,7,9,13H,3,6,8,10,15H2. The number of nitrogens with two attached hydrogens (primary N) is 1. The van der Waals surface area contributed by atoms with Gasteiger partial charge in [0.15, 0.2) is 0 Å². The molecule has 3 heterocycles. The minimum atomic E-state index is 0.284. The highest BCUT2D eigenvalue weighted by atomic mass is 32.1. The Balaban J connectivity index is 1.82. The smallest absolute Gasteiger partial charge is 0.0489 e. The third kappa shape index (κ3) is 2.19. The Hall–Kier alpha value is -1.23. The first-order valence-corrected chi connectivity index (χ1v) is 7.15. The number of thiophene rings is 1. The number of fused-ring (bicyclic) bond motifs is 1. The molecule has 0 spiro atoms. The molecule has 2 aromatic rings. The van der Waals surface area contributed by atoms with Crippen LogP contribution in [0.25, 0.3) is 0 Å². The van der Waals surface area contributed by atoms with E-state index in [4.69, 9.17) is 5.73 Å². The molecule has 18 heavy (non-hydrogen) atoms. The quantitative estimate of drug-likeness (QED) is 0.919. The first-order chi connectivity index (χ1) is 8.88. The molecular formula is C14H17N3S. The molecule has 2 aromatic heterocycles. The lowest BCUT2D eigenvalue weighted by atomic mass is 10.0. The lowest BCUT2D eigenvalue weighted by Crippen LogP contribution is -2.37. The van der Waals surface area contributed by atoms with Gasteiger partial charge in [0, 0.05) is 42.9 Å². The molecule has 1 aliphatic rings. The van der Waals surface area contributed by atoms with Gasteiger partial charge in [0.05, 0.1) is 0 Å². The van der Waals surface area contributed by atoms with Crippen LogP contribution < -0.4 is 5.73 Å². The molecule has 0 fully saturated rings. The van der Waals surface area contributed by atoms with Crippen LogP contribution in [0.1, 0.15) is 22.0 Å². The minimum Gasteiger partial charge on any atom is -0.329 e. The number of hydrogen-bond donors (Lipinski definition) is 1. The van der Waals surface area contributed by atoms with Gasteiger partial charge in [-0.1, -0.05) is 6.07 Å². The predicted molar refractivity (Wildman–Crippen MR) is 74.5 cm³/mol. The highest BCUT2D eigenvalue weighted by Gasteiger charge is 2.24. The van der Waals surface area contributed by atoms with Gasteiger partial charge in [0.2, 0.25) is 0 Å². The predicted octanol–water partition coefficient (Wildman–Crippen LogP) is 2.20. The minimum absolute atomic E-state index is 0.284. The second-order valence-corrected chi connectivity index (χ2v) is 5.63. The molecule has 4 heteroatoms. The molecule has 0 radical (unpaired) electrons. The largest absolute Gasteiger partial charge is 0.329 e. The van der Waals surface area contributed by atoms with Gasteiger partial charge in [-0.25, -0.2) is 0 Å². The Morgan fingerprint density at radius 3 is 3.17 bits per heavy atom. The van der Waals surface area contributed by atoms with Crippen molar-refractivity contribution >= 4 is 11.3 Å². The Labute approximate surface area is 111 Å². The maximum Gasteiger partial charge on any atom is 0.0489 e. The van der Waals surface area contributed by atoms with Crippen LogP contribution in [0.3, 0.4) is 0 Å². The molecule has 2 N–H and O–H groups in total. The van der Waals surface area contributed by atoms with Crippen molar-refractivity contribution in [2.75, 3.05) is 13.1 Å². The molecular weight excluding hydrogens is 242 g/mol. The number of nitrogens with zero attached hydrogens (tertiary/aromatic N) is 2. The molecule has 1 unspecified atom stereocenters. The molecule has 3 rings (SSSR count). The first-order valence-electron chi connectivity index (χ1n) is 6.28. The number of aromatic nitrogens is 1. The summed E-state index contributed by atoms with van der Waals surface area (Å²) in [5, 5.41) is 2.19. The molecule has 0 saturated carbocycles. The molecule has 1 atom stereocenters. The average Bonchev–Trinajstić information content (AvgIpc) is 2.88. The van der Waals surface area contributed by atoms with Crippen molar-refractivity contribution in [3.05, 3.63) is 52.0 Å². The van der Waals surface area contributed by atoms with Gasteiger partial charge in [-0.15, -0.1) is 11.3 Å². The molecule has 0 saturated heterocycles. The summed E-state index contributed by atoms with van der Waals surface area (Å²) in [5.41, 5.74) is 8.65. The Bertz CT molecular complexity index is 509. The highest BCUT2D eigenvalue weighted by molar-refractivity contribution is 7.10. The lowest BCUT2D eigenvalue weighted by molar-refractivity contribution is 0.185. The summed E-state index contributed by atoms with van der Waals surface area (Å²) < 4.78 is 0. The molecule has 0 aromatic carbocycles. The number of pyridine rings is 1. The van der Waals surface area contributed by atoms with E-state index in [1.807, 2.05) is 29.8 Å². The van der Waals surface area contributed by atoms with Crippen LogP contribution in [0.15, 0.2) is 36.0 Å². The fourth-order valence-corrected chi connectivity index (χ4v) is 3.50. The van der Waals surface area contributed by atoms with E-state index in [2.05, 4.69) is 27.4 Å².